The number of hydrogen-bond donors (Lipinski definition) is 0. The van der Waals surface area contributed by atoms with Gasteiger partial charge in [0.05, 0.1) is 25.3 Å². The Hall–Kier alpha value is -4.74. The molecule has 0 unspecified atom stereocenters. The molecule has 0 heterocycles. The van der Waals surface area contributed by atoms with Crippen molar-refractivity contribution in [3.8, 4) is 11.5 Å². The number of carbonyl (C=O) groups is 6. The number of hydrogen-bond acceptors (Lipinski definition) is 12. The highest BCUT2D eigenvalue weighted by Crippen LogP contribution is 2.26. The van der Waals surface area contributed by atoms with Crippen molar-refractivity contribution in [2.24, 2.45) is 0 Å². The van der Waals surface area contributed by atoms with E-state index in [-0.39, 0.29) is 49.4 Å². The van der Waals surface area contributed by atoms with E-state index in [1.54, 1.807) is 0 Å². The van der Waals surface area contributed by atoms with Crippen LogP contribution in [0, 0.1) is 0 Å². The molecule has 0 bridgehead atoms. The predicted octanol–water partition coefficient (Wildman–Crippen LogP) is 4.51. The molecule has 0 aliphatic heterocycles. The fraction of sp³-hybridized carbons (Fsp3) is 0.438. The van der Waals surface area contributed by atoms with Gasteiger partial charge in [-0.3, -0.25) is 19.2 Å². The lowest BCUT2D eigenvalue weighted by Gasteiger charge is -2.28. The lowest BCUT2D eigenvalue weighted by Crippen LogP contribution is -2.29. The van der Waals surface area contributed by atoms with E-state index in [4.69, 9.17) is 18.9 Å². The van der Waals surface area contributed by atoms with Gasteiger partial charge in [0.1, 0.15) is 23.7 Å². The molecule has 0 N–H and O–H groups in total. The second-order valence-corrected chi connectivity index (χ2v) is 10.1. The van der Waals surface area contributed by atoms with Crippen molar-refractivity contribution in [1.82, 2.24) is 0 Å². The zero-order valence-electron chi connectivity index (χ0n) is 24.7. The van der Waals surface area contributed by atoms with Gasteiger partial charge in [0.2, 0.25) is 0 Å². The Morgan fingerprint density at radius 1 is 0.523 bits per heavy atom. The maximum Gasteiger partial charge on any atom is 0.338 e. The van der Waals surface area contributed by atoms with Crippen LogP contribution in [-0.2, 0) is 38.1 Å². The zero-order valence-corrected chi connectivity index (χ0v) is 24.7. The molecular weight excluding hydrogens is 576 g/mol. The lowest BCUT2D eigenvalue weighted by atomic mass is 9.95. The van der Waals surface area contributed by atoms with Gasteiger partial charge in [-0.2, -0.15) is 0 Å². The van der Waals surface area contributed by atoms with Crippen molar-refractivity contribution < 1.29 is 57.2 Å². The molecule has 0 spiro atoms. The molecular formula is C32H36O12. The third-order valence-electron chi connectivity index (χ3n) is 6.79. The molecule has 44 heavy (non-hydrogen) atoms. The van der Waals surface area contributed by atoms with Crippen LogP contribution in [0.2, 0.25) is 0 Å². The van der Waals surface area contributed by atoms with Gasteiger partial charge >= 0.3 is 35.8 Å². The Morgan fingerprint density at radius 2 is 0.841 bits per heavy atom. The summed E-state index contributed by atoms with van der Waals surface area (Å²) < 4.78 is 30.7. The molecule has 0 atom stereocenters. The van der Waals surface area contributed by atoms with Crippen molar-refractivity contribution in [2.45, 2.75) is 76.4 Å². The summed E-state index contributed by atoms with van der Waals surface area (Å²) in [7, 11) is 2.56. The maximum absolute atomic E-state index is 12.6. The second kappa shape index (κ2) is 17.4. The first-order valence-corrected chi connectivity index (χ1v) is 14.3. The molecule has 0 saturated heterocycles. The third-order valence-corrected chi connectivity index (χ3v) is 6.79. The third kappa shape index (κ3) is 11.5. The van der Waals surface area contributed by atoms with E-state index in [1.807, 2.05) is 0 Å². The predicted molar refractivity (Wildman–Crippen MR) is 153 cm³/mol. The fourth-order valence-electron chi connectivity index (χ4n) is 4.35. The van der Waals surface area contributed by atoms with Gasteiger partial charge in [-0.25, -0.2) is 9.59 Å². The summed E-state index contributed by atoms with van der Waals surface area (Å²) >= 11 is 0. The summed E-state index contributed by atoms with van der Waals surface area (Å²) in [5, 5.41) is 0. The zero-order chi connectivity index (χ0) is 31.9. The van der Waals surface area contributed by atoms with Gasteiger partial charge in [-0.05, 0) is 87.1 Å². The summed E-state index contributed by atoms with van der Waals surface area (Å²) in [6, 6.07) is 12.0. The van der Waals surface area contributed by atoms with Gasteiger partial charge in [-0.15, -0.1) is 0 Å². The number of methoxy groups -OCH3 is 2. The normalized spacial score (nSPS) is 15.8. The first kappa shape index (κ1) is 33.8. The minimum absolute atomic E-state index is 0.0577. The smallest absolute Gasteiger partial charge is 0.338 e. The summed E-state index contributed by atoms with van der Waals surface area (Å²) in [4.78, 5) is 71.3. The number of benzene rings is 2. The van der Waals surface area contributed by atoms with E-state index in [9.17, 15) is 28.8 Å². The summed E-state index contributed by atoms with van der Waals surface area (Å²) in [6.45, 7) is 0. The van der Waals surface area contributed by atoms with E-state index < -0.39 is 35.8 Å². The lowest BCUT2D eigenvalue weighted by molar-refractivity contribution is -0.142. The van der Waals surface area contributed by atoms with Crippen molar-refractivity contribution in [2.75, 3.05) is 14.2 Å². The Balaban J connectivity index is 1.36. The van der Waals surface area contributed by atoms with Crippen LogP contribution in [0.5, 0.6) is 11.5 Å². The second-order valence-electron chi connectivity index (χ2n) is 10.1. The van der Waals surface area contributed by atoms with Crippen LogP contribution in [0.15, 0.2) is 48.5 Å². The quantitative estimate of drug-likeness (QED) is 0.167. The van der Waals surface area contributed by atoms with E-state index >= 15 is 0 Å². The van der Waals surface area contributed by atoms with Crippen LogP contribution in [0.3, 0.4) is 0 Å². The Morgan fingerprint density at radius 3 is 1.16 bits per heavy atom. The standard InChI is InChI=1S/C32H36O12/c1-39-27(33)5-3-7-29(35)41-23-13-9-21(10-14-23)31(37)43-25-17-19-26(20-18-25)44-32(38)22-11-15-24(16-12-22)42-30(36)8-4-6-28(34)40-2/h9-16,25-26H,3-8,17-20H2,1-2H3. The molecule has 1 fully saturated rings. The first-order valence-electron chi connectivity index (χ1n) is 14.3. The van der Waals surface area contributed by atoms with E-state index in [0.29, 0.717) is 49.7 Å². The molecule has 12 nitrogen and oxygen atoms in total. The highest BCUT2D eigenvalue weighted by molar-refractivity contribution is 5.90. The van der Waals surface area contributed by atoms with E-state index in [2.05, 4.69) is 9.47 Å². The molecule has 236 valence electrons. The molecule has 12 heteroatoms. The van der Waals surface area contributed by atoms with Crippen molar-refractivity contribution >= 4 is 35.8 Å². The van der Waals surface area contributed by atoms with Crippen LogP contribution < -0.4 is 9.47 Å². The van der Waals surface area contributed by atoms with Crippen LogP contribution in [0.25, 0.3) is 0 Å². The van der Waals surface area contributed by atoms with Gasteiger partial charge in [0.15, 0.2) is 0 Å². The fourth-order valence-corrected chi connectivity index (χ4v) is 4.35. The molecule has 3 rings (SSSR count). The molecule has 0 amide bonds. The SMILES string of the molecule is COC(=O)CCCC(=O)Oc1ccc(C(=O)OC2CCC(OC(=O)c3ccc(OC(=O)CCCC(=O)OC)cc3)CC2)cc1. The summed E-state index contributed by atoms with van der Waals surface area (Å²) in [5.74, 6) is -2.26. The summed E-state index contributed by atoms with van der Waals surface area (Å²) in [5.41, 5.74) is 0.610. The van der Waals surface area contributed by atoms with Gasteiger partial charge in [-0.1, -0.05) is 0 Å². The first-order chi connectivity index (χ1) is 21.2. The molecule has 0 aromatic heterocycles. The Bertz CT molecular complexity index is 1190. The minimum atomic E-state index is -0.509. The largest absolute Gasteiger partial charge is 0.469 e. The minimum Gasteiger partial charge on any atom is -0.469 e. The molecule has 1 saturated carbocycles. The molecule has 1 aliphatic rings. The van der Waals surface area contributed by atoms with Crippen molar-refractivity contribution in [3.05, 3.63) is 59.7 Å². The molecule has 0 radical (unpaired) electrons. The van der Waals surface area contributed by atoms with Crippen LogP contribution >= 0.6 is 0 Å². The number of esters is 6. The Kier molecular flexibility index (Phi) is 13.3. The Labute approximate surface area is 254 Å². The van der Waals surface area contributed by atoms with Crippen molar-refractivity contribution in [3.63, 3.8) is 0 Å². The number of ether oxygens (including phenoxy) is 6. The average molecular weight is 613 g/mol. The maximum atomic E-state index is 12.6. The average Bonchev–Trinajstić information content (AvgIpc) is 3.02. The van der Waals surface area contributed by atoms with Crippen LogP contribution in [-0.4, -0.2) is 62.2 Å². The molecule has 1 aliphatic carbocycles. The molecule has 2 aromatic rings. The summed E-state index contributed by atoms with van der Waals surface area (Å²) in [6.07, 6.45) is 2.42. The van der Waals surface area contributed by atoms with Crippen LogP contribution in [0.1, 0.15) is 84.9 Å². The van der Waals surface area contributed by atoms with Crippen molar-refractivity contribution in [1.29, 1.82) is 0 Å². The van der Waals surface area contributed by atoms with Gasteiger partial charge < -0.3 is 28.4 Å². The highest BCUT2D eigenvalue weighted by Gasteiger charge is 2.27. The van der Waals surface area contributed by atoms with E-state index in [1.165, 1.54) is 62.8 Å². The van der Waals surface area contributed by atoms with E-state index in [0.717, 1.165) is 0 Å². The van der Waals surface area contributed by atoms with Gasteiger partial charge in [0, 0.05) is 25.7 Å². The molecule has 2 aromatic carbocycles. The van der Waals surface area contributed by atoms with Gasteiger partial charge in [0.25, 0.3) is 0 Å². The monoisotopic (exact) mass is 612 g/mol. The number of carbonyl (C=O) groups excluding carboxylic acids is 6. The number of rotatable bonds is 14. The van der Waals surface area contributed by atoms with Crippen LogP contribution in [0.4, 0.5) is 0 Å². The highest BCUT2D eigenvalue weighted by atomic mass is 16.6. The topological polar surface area (TPSA) is 158 Å².